The molecule has 1 aromatic carbocycles. The first-order valence-corrected chi connectivity index (χ1v) is 5.08. The lowest BCUT2D eigenvalue weighted by Gasteiger charge is -2.20. The molecule has 2 nitrogen and oxygen atoms in total. The van der Waals surface area contributed by atoms with Crippen LogP contribution in [0.4, 0.5) is 0 Å². The van der Waals surface area contributed by atoms with E-state index in [1.807, 2.05) is 51.2 Å². The zero-order valence-electron chi connectivity index (χ0n) is 9.32. The zero-order valence-corrected chi connectivity index (χ0v) is 9.32. The van der Waals surface area contributed by atoms with E-state index in [4.69, 9.17) is 4.74 Å². The third-order valence-corrected chi connectivity index (χ3v) is 2.02. The number of benzene rings is 1. The van der Waals surface area contributed by atoms with E-state index in [0.29, 0.717) is 5.88 Å². The van der Waals surface area contributed by atoms with Crippen LogP contribution < -0.4 is 4.74 Å². The van der Waals surface area contributed by atoms with Gasteiger partial charge >= 0.3 is 0 Å². The van der Waals surface area contributed by atoms with Crippen molar-refractivity contribution in [3.8, 4) is 5.88 Å². The number of hydrogen-bond acceptors (Lipinski definition) is 2. The highest BCUT2D eigenvalue weighted by Gasteiger charge is 2.12. The molecule has 2 rings (SSSR count). The second-order valence-electron chi connectivity index (χ2n) is 4.58. The van der Waals surface area contributed by atoms with Crippen molar-refractivity contribution in [3.05, 3.63) is 36.5 Å². The van der Waals surface area contributed by atoms with Crippen molar-refractivity contribution in [3.63, 3.8) is 0 Å². The van der Waals surface area contributed by atoms with Crippen molar-refractivity contribution in [2.45, 2.75) is 26.4 Å². The third-order valence-electron chi connectivity index (χ3n) is 2.02. The van der Waals surface area contributed by atoms with E-state index in [1.54, 1.807) is 0 Å². The summed E-state index contributed by atoms with van der Waals surface area (Å²) in [4.78, 5) is 4.27. The van der Waals surface area contributed by atoms with Crippen LogP contribution in [0.25, 0.3) is 10.8 Å². The van der Waals surface area contributed by atoms with Crippen molar-refractivity contribution < 1.29 is 4.74 Å². The van der Waals surface area contributed by atoms with Crippen molar-refractivity contribution in [1.82, 2.24) is 4.98 Å². The monoisotopic (exact) mass is 201 g/mol. The van der Waals surface area contributed by atoms with E-state index in [9.17, 15) is 0 Å². The Hall–Kier alpha value is -1.57. The van der Waals surface area contributed by atoms with Crippen LogP contribution >= 0.6 is 0 Å². The zero-order chi connectivity index (χ0) is 10.9. The molecule has 0 aliphatic carbocycles. The normalized spacial score (nSPS) is 11.7. The van der Waals surface area contributed by atoms with E-state index in [1.165, 1.54) is 0 Å². The molecular weight excluding hydrogens is 186 g/mol. The van der Waals surface area contributed by atoms with Crippen LogP contribution in [-0.4, -0.2) is 10.6 Å². The van der Waals surface area contributed by atoms with Crippen LogP contribution in [0.3, 0.4) is 0 Å². The van der Waals surface area contributed by atoms with E-state index in [2.05, 4.69) is 11.1 Å². The van der Waals surface area contributed by atoms with Gasteiger partial charge in [-0.3, -0.25) is 0 Å². The largest absolute Gasteiger partial charge is 0.472 e. The smallest absolute Gasteiger partial charge is 0.214 e. The molecule has 0 N–H and O–H groups in total. The second-order valence-corrected chi connectivity index (χ2v) is 4.58. The summed E-state index contributed by atoms with van der Waals surface area (Å²) in [6, 6.07) is 10.1. The minimum Gasteiger partial charge on any atom is -0.472 e. The van der Waals surface area contributed by atoms with Gasteiger partial charge in [-0.25, -0.2) is 4.98 Å². The summed E-state index contributed by atoms with van der Waals surface area (Å²) in [6.45, 7) is 6.05. The van der Waals surface area contributed by atoms with Crippen LogP contribution in [0.2, 0.25) is 0 Å². The third kappa shape index (κ3) is 2.46. The molecule has 0 amide bonds. The van der Waals surface area contributed by atoms with Crippen LogP contribution in [0, 0.1) is 0 Å². The fourth-order valence-corrected chi connectivity index (χ4v) is 1.43. The summed E-state index contributed by atoms with van der Waals surface area (Å²) in [5.41, 5.74) is -0.199. The lowest BCUT2D eigenvalue weighted by molar-refractivity contribution is 0.124. The molecular formula is C13H15NO. The maximum Gasteiger partial charge on any atom is 0.214 e. The number of pyridine rings is 1. The van der Waals surface area contributed by atoms with E-state index in [0.717, 1.165) is 10.8 Å². The van der Waals surface area contributed by atoms with Crippen LogP contribution in [0.15, 0.2) is 36.5 Å². The molecule has 0 saturated heterocycles. The average molecular weight is 201 g/mol. The van der Waals surface area contributed by atoms with Gasteiger partial charge in [0.05, 0.1) is 0 Å². The Morgan fingerprint density at radius 2 is 1.73 bits per heavy atom. The highest BCUT2D eigenvalue weighted by Crippen LogP contribution is 2.20. The highest BCUT2D eigenvalue weighted by molar-refractivity contribution is 5.82. The van der Waals surface area contributed by atoms with Crippen molar-refractivity contribution >= 4 is 10.8 Å². The van der Waals surface area contributed by atoms with Crippen LogP contribution in [-0.2, 0) is 0 Å². The second kappa shape index (κ2) is 3.54. The first-order valence-electron chi connectivity index (χ1n) is 5.08. The summed E-state index contributed by atoms with van der Waals surface area (Å²) in [5.74, 6) is 0.682. The summed E-state index contributed by atoms with van der Waals surface area (Å²) < 4.78 is 5.70. The molecule has 78 valence electrons. The lowest BCUT2D eigenvalue weighted by atomic mass is 10.1. The molecule has 1 heterocycles. The quantitative estimate of drug-likeness (QED) is 0.705. The van der Waals surface area contributed by atoms with E-state index >= 15 is 0 Å². The van der Waals surface area contributed by atoms with Gasteiger partial charge < -0.3 is 4.74 Å². The Bertz CT molecular complexity index is 471. The molecule has 1 aromatic heterocycles. The van der Waals surface area contributed by atoms with Gasteiger partial charge in [-0.05, 0) is 26.2 Å². The van der Waals surface area contributed by atoms with Gasteiger partial charge in [-0.15, -0.1) is 0 Å². The summed E-state index contributed by atoms with van der Waals surface area (Å²) in [5, 5.41) is 2.30. The Labute approximate surface area is 89.9 Å². The molecule has 2 heteroatoms. The van der Waals surface area contributed by atoms with Gasteiger partial charge in [-0.1, -0.05) is 24.3 Å². The predicted molar refractivity (Wildman–Crippen MR) is 62.1 cm³/mol. The summed E-state index contributed by atoms with van der Waals surface area (Å²) in [6.07, 6.45) is 1.84. The molecule has 2 aromatic rings. The van der Waals surface area contributed by atoms with Gasteiger partial charge in [0.15, 0.2) is 0 Å². The van der Waals surface area contributed by atoms with E-state index in [-0.39, 0.29) is 5.60 Å². The molecule has 15 heavy (non-hydrogen) atoms. The topological polar surface area (TPSA) is 22.1 Å². The number of fused-ring (bicyclic) bond motifs is 1. The number of hydrogen-bond donors (Lipinski definition) is 0. The molecule has 0 atom stereocenters. The van der Waals surface area contributed by atoms with Gasteiger partial charge in [0, 0.05) is 17.6 Å². The molecule has 0 bridgehead atoms. The fraction of sp³-hybridized carbons (Fsp3) is 0.308. The van der Waals surface area contributed by atoms with Crippen molar-refractivity contribution in [2.75, 3.05) is 0 Å². The Kier molecular flexibility index (Phi) is 2.35. The maximum atomic E-state index is 5.70. The Morgan fingerprint density at radius 3 is 2.40 bits per heavy atom. The van der Waals surface area contributed by atoms with E-state index < -0.39 is 0 Å². The first kappa shape index (κ1) is 9.97. The average Bonchev–Trinajstić information content (AvgIpc) is 2.15. The minimum absolute atomic E-state index is 0.199. The molecule has 0 unspecified atom stereocenters. The van der Waals surface area contributed by atoms with Crippen LogP contribution in [0.1, 0.15) is 20.8 Å². The Morgan fingerprint density at radius 1 is 1.07 bits per heavy atom. The number of rotatable bonds is 1. The van der Waals surface area contributed by atoms with Crippen LogP contribution in [0.5, 0.6) is 5.88 Å². The molecule has 0 aliphatic rings. The molecule has 0 aliphatic heterocycles. The standard InChI is InChI=1S/C13H15NO/c1-13(2,3)15-12-8-10-6-4-5-7-11(10)9-14-12/h4-9H,1-3H3. The minimum atomic E-state index is -0.199. The Balaban J connectivity index is 2.39. The van der Waals surface area contributed by atoms with Crippen molar-refractivity contribution in [1.29, 1.82) is 0 Å². The first-order chi connectivity index (χ1) is 7.04. The fourth-order valence-electron chi connectivity index (χ4n) is 1.43. The lowest BCUT2D eigenvalue weighted by Crippen LogP contribution is -2.23. The van der Waals surface area contributed by atoms with Gasteiger partial charge in [0.25, 0.3) is 0 Å². The number of aromatic nitrogens is 1. The highest BCUT2D eigenvalue weighted by atomic mass is 16.5. The summed E-state index contributed by atoms with van der Waals surface area (Å²) >= 11 is 0. The van der Waals surface area contributed by atoms with Gasteiger partial charge in [0.2, 0.25) is 5.88 Å². The SMILES string of the molecule is CC(C)(C)Oc1cc2ccccc2cn1. The van der Waals surface area contributed by atoms with Gasteiger partial charge in [0.1, 0.15) is 5.60 Å². The maximum absolute atomic E-state index is 5.70. The van der Waals surface area contributed by atoms with Gasteiger partial charge in [-0.2, -0.15) is 0 Å². The molecule has 0 radical (unpaired) electrons. The number of nitrogens with zero attached hydrogens (tertiary/aromatic N) is 1. The predicted octanol–water partition coefficient (Wildman–Crippen LogP) is 3.41. The number of ether oxygens (including phenoxy) is 1. The summed E-state index contributed by atoms with van der Waals surface area (Å²) in [7, 11) is 0. The van der Waals surface area contributed by atoms with Crippen molar-refractivity contribution in [2.24, 2.45) is 0 Å². The molecule has 0 spiro atoms. The molecule has 0 saturated carbocycles. The molecule has 0 fully saturated rings.